The first-order valence-electron chi connectivity index (χ1n) is 10.2. The highest BCUT2D eigenvalue weighted by molar-refractivity contribution is 5.78. The molecule has 0 amide bonds. The fourth-order valence-corrected chi connectivity index (χ4v) is 3.43. The molecule has 1 N–H and O–H groups in total. The van der Waals surface area contributed by atoms with E-state index in [1.54, 1.807) is 31.4 Å². The Morgan fingerprint density at radius 1 is 0.618 bits per heavy atom. The first kappa shape index (κ1) is 22.3. The SMILES string of the molecule is COc1ccc(Nc2ccc(N(c3ccc([N+](=O)[O-])cc3)c3ccc([N+](=O)[O-])cc3)cc2)cc1. The highest BCUT2D eigenvalue weighted by Crippen LogP contribution is 2.36. The molecule has 170 valence electrons. The largest absolute Gasteiger partial charge is 0.497 e. The zero-order valence-corrected chi connectivity index (χ0v) is 18.1. The van der Waals surface area contributed by atoms with E-state index >= 15 is 0 Å². The molecule has 0 saturated carbocycles. The molecule has 4 aromatic carbocycles. The van der Waals surface area contributed by atoms with Crippen molar-refractivity contribution in [2.75, 3.05) is 17.3 Å². The summed E-state index contributed by atoms with van der Waals surface area (Å²) in [5.41, 5.74) is 3.85. The van der Waals surface area contributed by atoms with Gasteiger partial charge in [0.25, 0.3) is 11.4 Å². The number of nitro groups is 2. The third kappa shape index (κ3) is 4.94. The summed E-state index contributed by atoms with van der Waals surface area (Å²) in [6.45, 7) is 0. The number of benzene rings is 4. The predicted octanol–water partition coefficient (Wildman–Crippen LogP) is 6.73. The highest BCUT2D eigenvalue weighted by atomic mass is 16.6. The second-order valence-corrected chi connectivity index (χ2v) is 7.28. The molecule has 0 aliphatic heterocycles. The molecule has 34 heavy (non-hydrogen) atoms. The molecule has 4 rings (SSSR count). The molecule has 0 radical (unpaired) electrons. The minimum atomic E-state index is -0.459. The fourth-order valence-electron chi connectivity index (χ4n) is 3.43. The number of nitrogens with one attached hydrogen (secondary N) is 1. The van der Waals surface area contributed by atoms with Crippen LogP contribution in [0.15, 0.2) is 97.1 Å². The van der Waals surface area contributed by atoms with Gasteiger partial charge in [-0.1, -0.05) is 0 Å². The van der Waals surface area contributed by atoms with Crippen molar-refractivity contribution in [1.82, 2.24) is 0 Å². The topological polar surface area (TPSA) is 111 Å². The van der Waals surface area contributed by atoms with E-state index in [1.165, 1.54) is 24.3 Å². The Balaban J connectivity index is 1.66. The van der Waals surface area contributed by atoms with E-state index in [4.69, 9.17) is 4.74 Å². The average molecular weight is 456 g/mol. The van der Waals surface area contributed by atoms with Gasteiger partial charge in [0.15, 0.2) is 0 Å². The van der Waals surface area contributed by atoms with Gasteiger partial charge in [-0.05, 0) is 72.8 Å². The third-order valence-corrected chi connectivity index (χ3v) is 5.14. The maximum Gasteiger partial charge on any atom is 0.269 e. The Morgan fingerprint density at radius 2 is 0.971 bits per heavy atom. The third-order valence-electron chi connectivity index (χ3n) is 5.14. The molecule has 0 saturated heterocycles. The molecule has 0 aliphatic rings. The van der Waals surface area contributed by atoms with Gasteiger partial charge in [-0.15, -0.1) is 0 Å². The van der Waals surface area contributed by atoms with Crippen LogP contribution in [0.25, 0.3) is 0 Å². The molecule has 9 heteroatoms. The van der Waals surface area contributed by atoms with Crippen LogP contribution in [-0.4, -0.2) is 17.0 Å². The first-order valence-corrected chi connectivity index (χ1v) is 10.2. The summed E-state index contributed by atoms with van der Waals surface area (Å²) >= 11 is 0. The summed E-state index contributed by atoms with van der Waals surface area (Å²) in [6, 6.07) is 27.4. The lowest BCUT2D eigenvalue weighted by Crippen LogP contribution is -2.10. The Morgan fingerprint density at radius 3 is 1.32 bits per heavy atom. The molecule has 0 heterocycles. The number of rotatable bonds is 8. The minimum Gasteiger partial charge on any atom is -0.497 e. The van der Waals surface area contributed by atoms with Gasteiger partial charge in [0, 0.05) is 52.7 Å². The Hall–Kier alpha value is -4.92. The van der Waals surface area contributed by atoms with Crippen molar-refractivity contribution in [2.24, 2.45) is 0 Å². The second kappa shape index (κ2) is 9.70. The van der Waals surface area contributed by atoms with Crippen molar-refractivity contribution in [3.05, 3.63) is 117 Å². The summed E-state index contributed by atoms with van der Waals surface area (Å²) in [5, 5.41) is 25.4. The highest BCUT2D eigenvalue weighted by Gasteiger charge is 2.16. The number of non-ortho nitro benzene ring substituents is 2. The van der Waals surface area contributed by atoms with Crippen LogP contribution < -0.4 is 15.0 Å². The van der Waals surface area contributed by atoms with Gasteiger partial charge in [0.1, 0.15) is 5.75 Å². The summed E-state index contributed by atoms with van der Waals surface area (Å²) in [7, 11) is 1.61. The van der Waals surface area contributed by atoms with Crippen LogP contribution in [0.5, 0.6) is 5.75 Å². The van der Waals surface area contributed by atoms with Gasteiger partial charge in [-0.2, -0.15) is 0 Å². The van der Waals surface area contributed by atoms with Crippen molar-refractivity contribution in [2.45, 2.75) is 0 Å². The number of nitrogens with zero attached hydrogens (tertiary/aromatic N) is 3. The van der Waals surface area contributed by atoms with Gasteiger partial charge in [-0.25, -0.2) is 0 Å². The number of anilines is 5. The Kier molecular flexibility index (Phi) is 6.35. The lowest BCUT2D eigenvalue weighted by molar-refractivity contribution is -0.385. The van der Waals surface area contributed by atoms with E-state index in [1.807, 2.05) is 53.4 Å². The molecule has 9 nitrogen and oxygen atoms in total. The quantitative estimate of drug-likeness (QED) is 0.231. The van der Waals surface area contributed by atoms with Crippen LogP contribution in [-0.2, 0) is 0 Å². The van der Waals surface area contributed by atoms with Crippen LogP contribution in [0.4, 0.5) is 39.8 Å². The standard InChI is InChI=1S/C25H20N4O5/c1-34-25-16-4-19(5-17-25)26-18-2-6-20(7-3-18)27(21-8-12-23(13-9-21)28(30)31)22-10-14-24(15-11-22)29(32)33/h2-17,26H,1H3. The number of methoxy groups -OCH3 is 1. The normalized spacial score (nSPS) is 10.4. The monoisotopic (exact) mass is 456 g/mol. The fraction of sp³-hybridized carbons (Fsp3) is 0.0400. The molecular formula is C25H20N4O5. The molecule has 0 atom stereocenters. The van der Waals surface area contributed by atoms with Crippen molar-refractivity contribution in [3.63, 3.8) is 0 Å². The van der Waals surface area contributed by atoms with Crippen LogP contribution in [0.3, 0.4) is 0 Å². The summed E-state index contributed by atoms with van der Waals surface area (Å²) in [4.78, 5) is 23.1. The van der Waals surface area contributed by atoms with E-state index in [2.05, 4.69) is 5.32 Å². The number of ether oxygens (including phenoxy) is 1. The summed E-state index contributed by atoms with van der Waals surface area (Å²) < 4.78 is 5.18. The molecule has 4 aromatic rings. The molecule has 0 aromatic heterocycles. The van der Waals surface area contributed by atoms with Crippen molar-refractivity contribution >= 4 is 39.8 Å². The number of hydrogen-bond acceptors (Lipinski definition) is 7. The zero-order chi connectivity index (χ0) is 24.1. The molecule has 0 spiro atoms. The molecule has 0 fully saturated rings. The minimum absolute atomic E-state index is 0.0218. The molecule has 0 bridgehead atoms. The maximum absolute atomic E-state index is 11.1. The van der Waals surface area contributed by atoms with Crippen molar-refractivity contribution < 1.29 is 14.6 Å². The van der Waals surface area contributed by atoms with Crippen LogP contribution in [0, 0.1) is 20.2 Å². The van der Waals surface area contributed by atoms with Gasteiger partial charge < -0.3 is 15.0 Å². The summed E-state index contributed by atoms with van der Waals surface area (Å²) in [6.07, 6.45) is 0. The molecular weight excluding hydrogens is 436 g/mol. The van der Waals surface area contributed by atoms with E-state index in [0.29, 0.717) is 11.4 Å². The lowest BCUT2D eigenvalue weighted by Gasteiger charge is -2.25. The molecule has 0 aliphatic carbocycles. The van der Waals surface area contributed by atoms with E-state index in [9.17, 15) is 20.2 Å². The van der Waals surface area contributed by atoms with Crippen LogP contribution in [0.2, 0.25) is 0 Å². The number of nitro benzene ring substituents is 2. The van der Waals surface area contributed by atoms with E-state index in [0.717, 1.165) is 22.8 Å². The van der Waals surface area contributed by atoms with Gasteiger partial charge in [-0.3, -0.25) is 20.2 Å². The smallest absolute Gasteiger partial charge is 0.269 e. The van der Waals surface area contributed by atoms with Gasteiger partial charge in [0.05, 0.1) is 17.0 Å². The van der Waals surface area contributed by atoms with Crippen LogP contribution in [0.1, 0.15) is 0 Å². The van der Waals surface area contributed by atoms with E-state index in [-0.39, 0.29) is 11.4 Å². The summed E-state index contributed by atoms with van der Waals surface area (Å²) in [5.74, 6) is 0.766. The Bertz CT molecular complexity index is 1230. The maximum atomic E-state index is 11.1. The zero-order valence-electron chi connectivity index (χ0n) is 18.1. The second-order valence-electron chi connectivity index (χ2n) is 7.28. The Labute approximate surface area is 195 Å². The van der Waals surface area contributed by atoms with Gasteiger partial charge >= 0.3 is 0 Å². The lowest BCUT2D eigenvalue weighted by atomic mass is 10.1. The van der Waals surface area contributed by atoms with Crippen LogP contribution >= 0.6 is 0 Å². The van der Waals surface area contributed by atoms with E-state index < -0.39 is 9.85 Å². The van der Waals surface area contributed by atoms with Crippen molar-refractivity contribution in [1.29, 1.82) is 0 Å². The average Bonchev–Trinajstić information content (AvgIpc) is 2.86. The van der Waals surface area contributed by atoms with Gasteiger partial charge in [0.2, 0.25) is 0 Å². The van der Waals surface area contributed by atoms with Crippen molar-refractivity contribution in [3.8, 4) is 5.75 Å². The molecule has 0 unspecified atom stereocenters. The predicted molar refractivity (Wildman–Crippen MR) is 131 cm³/mol. The first-order chi connectivity index (χ1) is 16.4. The number of hydrogen-bond donors (Lipinski definition) is 1.